The Kier molecular flexibility index (Phi) is 4.42. The standard InChI is InChI=1S/C17H18N4O4/c1-3-13-16(22)21(17(23)20-13)10-4-7-15(19-9-10)25-11-5-6-12(18)14(8-11)24-2/h4-9,13H,3,18H2,1-2H3,(H,20,23)/t13-/m1/s1. The molecule has 1 aliphatic rings. The minimum absolute atomic E-state index is 0.286. The number of anilines is 2. The highest BCUT2D eigenvalue weighted by atomic mass is 16.5. The minimum atomic E-state index is -0.495. The van der Waals surface area contributed by atoms with Crippen molar-refractivity contribution in [3.8, 4) is 17.4 Å². The third-order valence-corrected chi connectivity index (χ3v) is 3.83. The fourth-order valence-electron chi connectivity index (χ4n) is 2.49. The Labute approximate surface area is 144 Å². The second kappa shape index (κ2) is 6.68. The Morgan fingerprint density at radius 3 is 2.68 bits per heavy atom. The van der Waals surface area contributed by atoms with Crippen LogP contribution in [0.1, 0.15) is 13.3 Å². The first kappa shape index (κ1) is 16.6. The fraction of sp³-hybridized carbons (Fsp3) is 0.235. The molecule has 3 N–H and O–H groups in total. The molecule has 0 spiro atoms. The summed E-state index contributed by atoms with van der Waals surface area (Å²) in [5.41, 5.74) is 6.65. The van der Waals surface area contributed by atoms with E-state index in [2.05, 4.69) is 10.3 Å². The summed E-state index contributed by atoms with van der Waals surface area (Å²) in [6.45, 7) is 1.84. The Balaban J connectivity index is 1.77. The molecule has 0 unspecified atom stereocenters. The first-order chi connectivity index (χ1) is 12.0. The highest BCUT2D eigenvalue weighted by molar-refractivity contribution is 6.21. The average Bonchev–Trinajstić information content (AvgIpc) is 2.91. The zero-order valence-corrected chi connectivity index (χ0v) is 13.9. The summed E-state index contributed by atoms with van der Waals surface area (Å²) in [6, 6.07) is 7.25. The van der Waals surface area contributed by atoms with Crippen molar-refractivity contribution in [1.82, 2.24) is 10.3 Å². The van der Waals surface area contributed by atoms with Gasteiger partial charge >= 0.3 is 6.03 Å². The molecule has 3 rings (SSSR count). The zero-order chi connectivity index (χ0) is 18.0. The summed E-state index contributed by atoms with van der Waals surface area (Å²) in [6.07, 6.45) is 1.95. The van der Waals surface area contributed by atoms with Gasteiger partial charge in [0.1, 0.15) is 17.5 Å². The predicted molar refractivity (Wildman–Crippen MR) is 91.8 cm³/mol. The van der Waals surface area contributed by atoms with E-state index in [9.17, 15) is 9.59 Å². The summed E-state index contributed by atoms with van der Waals surface area (Å²) in [5.74, 6) is 1.03. The van der Waals surface area contributed by atoms with Crippen molar-refractivity contribution in [1.29, 1.82) is 0 Å². The number of nitrogens with two attached hydrogens (primary N) is 1. The Bertz CT molecular complexity index is 807. The lowest BCUT2D eigenvalue weighted by atomic mass is 10.2. The van der Waals surface area contributed by atoms with Crippen LogP contribution in [0, 0.1) is 0 Å². The molecule has 0 bridgehead atoms. The van der Waals surface area contributed by atoms with Crippen LogP contribution in [0.25, 0.3) is 0 Å². The van der Waals surface area contributed by atoms with Crippen molar-refractivity contribution in [3.63, 3.8) is 0 Å². The lowest BCUT2D eigenvalue weighted by molar-refractivity contribution is -0.118. The third kappa shape index (κ3) is 3.18. The van der Waals surface area contributed by atoms with Gasteiger partial charge < -0.3 is 20.5 Å². The molecule has 1 fully saturated rings. The van der Waals surface area contributed by atoms with E-state index in [4.69, 9.17) is 15.2 Å². The summed E-state index contributed by atoms with van der Waals surface area (Å²) < 4.78 is 10.8. The van der Waals surface area contributed by atoms with E-state index in [0.29, 0.717) is 35.2 Å². The fourth-order valence-corrected chi connectivity index (χ4v) is 2.49. The number of rotatable bonds is 5. The van der Waals surface area contributed by atoms with Gasteiger partial charge in [-0.25, -0.2) is 14.7 Å². The quantitative estimate of drug-likeness (QED) is 0.638. The van der Waals surface area contributed by atoms with Crippen molar-refractivity contribution >= 4 is 23.3 Å². The van der Waals surface area contributed by atoms with E-state index in [1.165, 1.54) is 13.3 Å². The predicted octanol–water partition coefficient (Wildman–Crippen LogP) is 2.30. The Hall–Kier alpha value is -3.29. The minimum Gasteiger partial charge on any atom is -0.494 e. The smallest absolute Gasteiger partial charge is 0.329 e. The number of nitrogens with zero attached hydrogens (tertiary/aromatic N) is 2. The number of imide groups is 1. The van der Waals surface area contributed by atoms with Crippen LogP contribution in [0.15, 0.2) is 36.5 Å². The van der Waals surface area contributed by atoms with E-state index < -0.39 is 12.1 Å². The topological polar surface area (TPSA) is 107 Å². The molecule has 2 aromatic rings. The van der Waals surface area contributed by atoms with E-state index in [0.717, 1.165) is 4.90 Å². The van der Waals surface area contributed by atoms with Crippen LogP contribution in [0.5, 0.6) is 17.4 Å². The number of pyridine rings is 1. The number of hydrogen-bond acceptors (Lipinski definition) is 6. The average molecular weight is 342 g/mol. The number of methoxy groups -OCH3 is 1. The van der Waals surface area contributed by atoms with Gasteiger partial charge in [0.25, 0.3) is 5.91 Å². The first-order valence-electron chi connectivity index (χ1n) is 7.75. The molecular weight excluding hydrogens is 324 g/mol. The first-order valence-corrected chi connectivity index (χ1v) is 7.75. The van der Waals surface area contributed by atoms with Crippen LogP contribution in [-0.2, 0) is 4.79 Å². The summed E-state index contributed by atoms with van der Waals surface area (Å²) in [4.78, 5) is 29.4. The molecule has 0 radical (unpaired) electrons. The van der Waals surface area contributed by atoms with E-state index in [1.54, 1.807) is 30.3 Å². The Morgan fingerprint density at radius 2 is 2.08 bits per heavy atom. The van der Waals surface area contributed by atoms with Crippen LogP contribution in [0.4, 0.5) is 16.2 Å². The molecule has 8 heteroatoms. The van der Waals surface area contributed by atoms with Gasteiger partial charge in [-0.2, -0.15) is 0 Å². The molecule has 1 aliphatic heterocycles. The van der Waals surface area contributed by atoms with Crippen LogP contribution >= 0.6 is 0 Å². The highest BCUT2D eigenvalue weighted by Crippen LogP contribution is 2.30. The van der Waals surface area contributed by atoms with Gasteiger partial charge in [-0.3, -0.25) is 4.79 Å². The van der Waals surface area contributed by atoms with E-state index in [1.807, 2.05) is 6.92 Å². The summed E-state index contributed by atoms with van der Waals surface area (Å²) in [5, 5.41) is 2.63. The number of hydrogen-bond donors (Lipinski definition) is 2. The van der Waals surface area contributed by atoms with Crippen LogP contribution < -0.4 is 25.4 Å². The van der Waals surface area contributed by atoms with Gasteiger partial charge in [0.15, 0.2) is 0 Å². The van der Waals surface area contributed by atoms with Crippen LogP contribution in [0.2, 0.25) is 0 Å². The molecular formula is C17H18N4O4. The number of nitrogen functional groups attached to an aromatic ring is 1. The van der Waals surface area contributed by atoms with E-state index in [-0.39, 0.29) is 5.91 Å². The maximum Gasteiger partial charge on any atom is 0.329 e. The maximum absolute atomic E-state index is 12.2. The molecule has 0 aliphatic carbocycles. The largest absolute Gasteiger partial charge is 0.494 e. The number of aromatic nitrogens is 1. The third-order valence-electron chi connectivity index (χ3n) is 3.83. The van der Waals surface area contributed by atoms with Gasteiger partial charge in [0.2, 0.25) is 5.88 Å². The molecule has 2 heterocycles. The van der Waals surface area contributed by atoms with Gasteiger partial charge in [-0.05, 0) is 24.6 Å². The number of carbonyl (C=O) groups excluding carboxylic acids is 2. The maximum atomic E-state index is 12.2. The number of carbonyl (C=O) groups is 2. The molecule has 1 atom stereocenters. The molecule has 1 aromatic carbocycles. The molecule has 130 valence electrons. The molecule has 8 nitrogen and oxygen atoms in total. The molecule has 25 heavy (non-hydrogen) atoms. The van der Waals surface area contributed by atoms with Crippen molar-refractivity contribution in [2.75, 3.05) is 17.7 Å². The van der Waals surface area contributed by atoms with Crippen LogP contribution in [-0.4, -0.2) is 30.1 Å². The zero-order valence-electron chi connectivity index (χ0n) is 13.9. The number of benzene rings is 1. The molecule has 3 amide bonds. The Morgan fingerprint density at radius 1 is 1.28 bits per heavy atom. The number of nitrogens with one attached hydrogen (secondary N) is 1. The number of urea groups is 1. The van der Waals surface area contributed by atoms with Gasteiger partial charge in [-0.1, -0.05) is 6.92 Å². The number of ether oxygens (including phenoxy) is 2. The van der Waals surface area contributed by atoms with Crippen molar-refractivity contribution < 1.29 is 19.1 Å². The molecule has 1 aromatic heterocycles. The SMILES string of the molecule is CC[C@H]1NC(=O)N(c2ccc(Oc3ccc(N)c(OC)c3)nc2)C1=O. The van der Waals surface area contributed by atoms with Gasteiger partial charge in [0.05, 0.1) is 24.7 Å². The normalized spacial score (nSPS) is 16.7. The summed E-state index contributed by atoms with van der Waals surface area (Å²) in [7, 11) is 1.52. The van der Waals surface area contributed by atoms with Gasteiger partial charge in [0, 0.05) is 12.1 Å². The van der Waals surface area contributed by atoms with Gasteiger partial charge in [-0.15, -0.1) is 0 Å². The lowest BCUT2D eigenvalue weighted by Gasteiger charge is -2.13. The second-order valence-electron chi connectivity index (χ2n) is 5.44. The van der Waals surface area contributed by atoms with E-state index >= 15 is 0 Å². The van der Waals surface area contributed by atoms with Crippen molar-refractivity contribution in [3.05, 3.63) is 36.5 Å². The monoisotopic (exact) mass is 342 g/mol. The molecule has 1 saturated heterocycles. The second-order valence-corrected chi connectivity index (χ2v) is 5.44. The highest BCUT2D eigenvalue weighted by Gasteiger charge is 2.37. The van der Waals surface area contributed by atoms with Crippen molar-refractivity contribution in [2.24, 2.45) is 0 Å². The summed E-state index contributed by atoms with van der Waals surface area (Å²) >= 11 is 0. The molecule has 0 saturated carbocycles. The lowest BCUT2D eigenvalue weighted by Crippen LogP contribution is -2.31. The number of amides is 3. The van der Waals surface area contributed by atoms with Crippen LogP contribution in [0.3, 0.4) is 0 Å². The van der Waals surface area contributed by atoms with Crippen molar-refractivity contribution in [2.45, 2.75) is 19.4 Å².